The van der Waals surface area contributed by atoms with Gasteiger partial charge in [-0.1, -0.05) is 63.4 Å². The monoisotopic (exact) mass is 575 g/mol. The van der Waals surface area contributed by atoms with Crippen LogP contribution in [0.3, 0.4) is 0 Å². The lowest BCUT2D eigenvalue weighted by atomic mass is 9.78. The fraction of sp³-hybridized carbons (Fsp3) is 0.240. The smallest absolute Gasteiger partial charge is 0.256 e. The highest BCUT2D eigenvalue weighted by molar-refractivity contribution is 9.10. The molecule has 0 saturated carbocycles. The van der Waals surface area contributed by atoms with Gasteiger partial charge in [-0.3, -0.25) is 20.2 Å². The molecule has 3 aromatic rings. The van der Waals surface area contributed by atoms with Gasteiger partial charge in [0.05, 0.1) is 5.92 Å². The number of carbonyl (C=O) groups excluding carboxylic acids is 1. The minimum Gasteiger partial charge on any atom is -0.489 e. The number of para-hydroxylation sites is 1. The van der Waals surface area contributed by atoms with Gasteiger partial charge >= 0.3 is 0 Å². The number of halogens is 3. The molecule has 0 bridgehead atoms. The third-order valence-corrected chi connectivity index (χ3v) is 7.77. The van der Waals surface area contributed by atoms with E-state index in [1.165, 1.54) is 0 Å². The summed E-state index contributed by atoms with van der Waals surface area (Å²) in [7, 11) is 0. The molecule has 2 N–H and O–H groups in total. The molecule has 0 radical (unpaired) electrons. The van der Waals surface area contributed by atoms with Crippen LogP contribution in [0.2, 0.25) is 10.0 Å². The van der Waals surface area contributed by atoms with Crippen molar-refractivity contribution in [1.29, 1.82) is 0 Å². The van der Waals surface area contributed by atoms with E-state index >= 15 is 0 Å². The van der Waals surface area contributed by atoms with Crippen molar-refractivity contribution >= 4 is 50.7 Å². The van der Waals surface area contributed by atoms with Crippen LogP contribution < -0.4 is 15.4 Å². The van der Waals surface area contributed by atoms with Gasteiger partial charge in [0, 0.05) is 47.9 Å². The Morgan fingerprint density at radius 3 is 2.66 bits per heavy atom. The minimum absolute atomic E-state index is 0.150. The van der Waals surface area contributed by atoms with Crippen molar-refractivity contribution in [3.63, 3.8) is 0 Å². The molecule has 2 aliphatic heterocycles. The highest BCUT2D eigenvalue weighted by Crippen LogP contribution is 2.51. The zero-order valence-electron chi connectivity index (χ0n) is 18.4. The summed E-state index contributed by atoms with van der Waals surface area (Å²) in [5, 5.41) is 19.7. The van der Waals surface area contributed by atoms with Crippen molar-refractivity contribution in [3.05, 3.63) is 102 Å². The molecule has 3 aromatic carbocycles. The Labute approximate surface area is 220 Å². The van der Waals surface area contributed by atoms with Crippen LogP contribution in [0.5, 0.6) is 5.75 Å². The fourth-order valence-electron chi connectivity index (χ4n) is 5.23. The number of rotatable bonds is 5. The van der Waals surface area contributed by atoms with Gasteiger partial charge in [-0.15, -0.1) is 0 Å². The van der Waals surface area contributed by atoms with Crippen molar-refractivity contribution in [2.75, 3.05) is 5.32 Å². The predicted molar refractivity (Wildman–Crippen MR) is 138 cm³/mol. The number of nitrogens with zero attached hydrogens (tertiary/aromatic N) is 1. The molecular formula is C25H20BrCl2N3O4. The van der Waals surface area contributed by atoms with Crippen molar-refractivity contribution in [2.45, 2.75) is 37.1 Å². The fourth-order valence-corrected chi connectivity index (χ4v) is 6.07. The molecule has 10 heteroatoms. The Morgan fingerprint density at radius 2 is 1.91 bits per heavy atom. The lowest BCUT2D eigenvalue weighted by Gasteiger charge is -2.26. The molecule has 2 heterocycles. The molecule has 180 valence electrons. The SMILES string of the molecule is C[C@@H]1N[C@]2(C(=O)Nc3ccccc32)[C@@H]([N+](=O)[O-])[C@H]1c1cc(Br)ccc1OCc1ccc(Cl)cc1Cl. The van der Waals surface area contributed by atoms with Gasteiger partial charge in [0.2, 0.25) is 0 Å². The summed E-state index contributed by atoms with van der Waals surface area (Å²) in [6.45, 7) is 2.00. The zero-order valence-corrected chi connectivity index (χ0v) is 21.5. The van der Waals surface area contributed by atoms with Gasteiger partial charge in [-0.25, -0.2) is 0 Å². The van der Waals surface area contributed by atoms with Crippen LogP contribution >= 0.6 is 39.1 Å². The van der Waals surface area contributed by atoms with Crippen LogP contribution in [0.15, 0.2) is 65.1 Å². The van der Waals surface area contributed by atoms with Crippen LogP contribution in [-0.2, 0) is 16.9 Å². The van der Waals surface area contributed by atoms with E-state index in [1.807, 2.05) is 19.1 Å². The van der Waals surface area contributed by atoms with E-state index in [1.54, 1.807) is 48.5 Å². The molecule has 1 saturated heterocycles. The maximum absolute atomic E-state index is 13.3. The predicted octanol–water partition coefficient (Wildman–Crippen LogP) is 5.90. The summed E-state index contributed by atoms with van der Waals surface area (Å²) in [4.78, 5) is 25.5. The van der Waals surface area contributed by atoms with Crippen LogP contribution in [0.4, 0.5) is 5.69 Å². The van der Waals surface area contributed by atoms with Crippen molar-refractivity contribution in [2.24, 2.45) is 0 Å². The average Bonchev–Trinajstić information content (AvgIpc) is 3.27. The molecule has 1 fully saturated rings. The maximum Gasteiger partial charge on any atom is 0.256 e. The summed E-state index contributed by atoms with van der Waals surface area (Å²) >= 11 is 15.8. The zero-order chi connectivity index (χ0) is 24.9. The third kappa shape index (κ3) is 3.98. The number of ether oxygens (including phenoxy) is 1. The molecule has 0 aromatic heterocycles. The van der Waals surface area contributed by atoms with Gasteiger partial charge < -0.3 is 10.1 Å². The Morgan fingerprint density at radius 1 is 1.14 bits per heavy atom. The van der Waals surface area contributed by atoms with E-state index < -0.39 is 29.4 Å². The van der Waals surface area contributed by atoms with E-state index in [0.29, 0.717) is 32.6 Å². The minimum atomic E-state index is -1.50. The van der Waals surface area contributed by atoms with Gasteiger partial charge in [0.15, 0.2) is 5.54 Å². The molecule has 4 atom stereocenters. The van der Waals surface area contributed by atoms with Crippen molar-refractivity contribution in [1.82, 2.24) is 5.32 Å². The van der Waals surface area contributed by atoms with Crippen molar-refractivity contribution in [3.8, 4) is 5.75 Å². The highest BCUT2D eigenvalue weighted by atomic mass is 79.9. The normalized spacial score (nSPS) is 24.9. The van der Waals surface area contributed by atoms with E-state index in [4.69, 9.17) is 27.9 Å². The highest BCUT2D eigenvalue weighted by Gasteiger charge is 2.68. The van der Waals surface area contributed by atoms with Crippen LogP contribution in [0.1, 0.15) is 29.5 Å². The lowest BCUT2D eigenvalue weighted by molar-refractivity contribution is -0.532. The summed E-state index contributed by atoms with van der Waals surface area (Å²) in [6.07, 6.45) is 0. The molecule has 7 nitrogen and oxygen atoms in total. The first-order chi connectivity index (χ1) is 16.7. The topological polar surface area (TPSA) is 93.5 Å². The summed E-state index contributed by atoms with van der Waals surface area (Å²) in [5.41, 5.74) is 1.01. The van der Waals surface area contributed by atoms with Gasteiger partial charge in [0.25, 0.3) is 11.9 Å². The van der Waals surface area contributed by atoms with Crippen LogP contribution in [0, 0.1) is 10.1 Å². The molecule has 2 aliphatic rings. The summed E-state index contributed by atoms with van der Waals surface area (Å²) < 4.78 is 6.88. The molecular weight excluding hydrogens is 557 g/mol. The van der Waals surface area contributed by atoms with Gasteiger partial charge in [0.1, 0.15) is 12.4 Å². The van der Waals surface area contributed by atoms with Crippen LogP contribution in [-0.4, -0.2) is 22.9 Å². The number of fused-ring (bicyclic) bond motifs is 2. The second-order valence-corrected chi connectivity index (χ2v) is 10.5. The average molecular weight is 577 g/mol. The summed E-state index contributed by atoms with van der Waals surface area (Å²) in [6, 6.07) is 15.9. The second kappa shape index (κ2) is 9.09. The number of anilines is 1. The number of carbonyl (C=O) groups is 1. The Kier molecular flexibility index (Phi) is 6.25. The van der Waals surface area contributed by atoms with Gasteiger partial charge in [-0.05, 0) is 43.3 Å². The first kappa shape index (κ1) is 24.1. The first-order valence-electron chi connectivity index (χ1n) is 10.9. The molecule has 0 unspecified atom stereocenters. The molecule has 1 amide bonds. The molecule has 35 heavy (non-hydrogen) atoms. The van der Waals surface area contributed by atoms with Crippen LogP contribution in [0.25, 0.3) is 0 Å². The number of hydrogen-bond donors (Lipinski definition) is 2. The number of nitrogens with one attached hydrogen (secondary N) is 2. The number of amides is 1. The van der Waals surface area contributed by atoms with E-state index in [2.05, 4.69) is 26.6 Å². The molecule has 0 aliphatic carbocycles. The quantitative estimate of drug-likeness (QED) is 0.291. The largest absolute Gasteiger partial charge is 0.489 e. The number of hydrogen-bond acceptors (Lipinski definition) is 5. The van der Waals surface area contributed by atoms with Crippen molar-refractivity contribution < 1.29 is 14.5 Å². The first-order valence-corrected chi connectivity index (χ1v) is 12.5. The van der Waals surface area contributed by atoms with E-state index in [9.17, 15) is 14.9 Å². The molecule has 1 spiro atoms. The lowest BCUT2D eigenvalue weighted by Crippen LogP contribution is -2.54. The maximum atomic E-state index is 13.3. The van der Waals surface area contributed by atoms with E-state index in [-0.39, 0.29) is 11.5 Å². The Bertz CT molecular complexity index is 1350. The molecule has 5 rings (SSSR count). The van der Waals surface area contributed by atoms with E-state index in [0.717, 1.165) is 10.0 Å². The number of benzene rings is 3. The summed E-state index contributed by atoms with van der Waals surface area (Å²) in [5.74, 6) is -0.608. The third-order valence-electron chi connectivity index (χ3n) is 6.69. The Balaban J connectivity index is 1.57. The second-order valence-electron chi connectivity index (χ2n) is 8.70. The Hall–Kier alpha value is -2.65. The van der Waals surface area contributed by atoms with Gasteiger partial charge in [-0.2, -0.15) is 0 Å². The number of nitro groups is 1. The standard InChI is InChI=1S/C25H20BrCl2N3O4/c1-13-22(23(31(33)34)25(30-13)18-4-2-3-5-20(18)29-24(25)32)17-10-15(26)7-9-21(17)35-12-14-6-8-16(27)11-19(14)28/h2-11,13,22-23,30H,12H2,1H3,(H,29,32)/t13-,22+,23-,25-/m0/s1.